The molecule has 0 radical (unpaired) electrons. The third-order valence-electron chi connectivity index (χ3n) is 4.18. The van der Waals surface area contributed by atoms with E-state index < -0.39 is 45.8 Å². The monoisotopic (exact) mass is 494 g/mol. The van der Waals surface area contributed by atoms with Crippen LogP contribution in [-0.4, -0.2) is 37.9 Å². The summed E-state index contributed by atoms with van der Waals surface area (Å²) in [6, 6.07) is 8.84. The van der Waals surface area contributed by atoms with Crippen molar-refractivity contribution in [2.75, 3.05) is 0 Å². The van der Waals surface area contributed by atoms with E-state index in [1.165, 1.54) is 24.3 Å². The maximum absolute atomic E-state index is 12.9. The number of benzene rings is 2. The number of sulfone groups is 2. The number of carbonyl (C=O) groups excluding carboxylic acids is 2. The van der Waals surface area contributed by atoms with Gasteiger partial charge in [-0.3, -0.25) is 9.59 Å². The summed E-state index contributed by atoms with van der Waals surface area (Å²) in [4.78, 5) is 24.7. The fourth-order valence-electron chi connectivity index (χ4n) is 2.60. The van der Waals surface area contributed by atoms with Gasteiger partial charge >= 0.3 is 16.3 Å². The van der Waals surface area contributed by atoms with Crippen LogP contribution in [0.15, 0.2) is 58.3 Å². The van der Waals surface area contributed by atoms with Crippen LogP contribution < -0.4 is 9.47 Å². The van der Waals surface area contributed by atoms with Gasteiger partial charge in [-0.15, -0.1) is 4.79 Å². The molecule has 33 heavy (non-hydrogen) atoms. The Bertz CT molecular complexity index is 1180. The Morgan fingerprint density at radius 3 is 1.33 bits per heavy atom. The Hall–Kier alpha value is -3.34. The number of hydrogen-bond acceptors (Lipinski definition) is 8. The van der Waals surface area contributed by atoms with Gasteiger partial charge in [0.2, 0.25) is 0 Å². The summed E-state index contributed by atoms with van der Waals surface area (Å²) in [5.74, 6) is -0.855. The topological polar surface area (TPSA) is 157 Å². The Morgan fingerprint density at radius 2 is 1.06 bits per heavy atom. The molecule has 176 valence electrons. The van der Waals surface area contributed by atoms with Gasteiger partial charge in [0.05, 0.1) is 9.79 Å². The van der Waals surface area contributed by atoms with E-state index in [2.05, 4.69) is 4.79 Å². The highest BCUT2D eigenvalue weighted by Gasteiger charge is 2.44. The molecule has 0 atom stereocenters. The number of ether oxygens (including phenoxy) is 2. The van der Waals surface area contributed by atoms with E-state index in [9.17, 15) is 32.0 Å². The summed E-state index contributed by atoms with van der Waals surface area (Å²) in [6.07, 6.45) is 1.50. The predicted octanol–water partition coefficient (Wildman–Crippen LogP) is 2.93. The molecule has 0 bridgehead atoms. The molecule has 0 saturated heterocycles. The summed E-state index contributed by atoms with van der Waals surface area (Å²) in [5.41, 5.74) is 9.28. The highest BCUT2D eigenvalue weighted by atomic mass is 32.3. The van der Waals surface area contributed by atoms with Crippen LogP contribution in [0.4, 0.5) is 0 Å². The predicted molar refractivity (Wildman–Crippen MR) is 117 cm³/mol. The van der Waals surface area contributed by atoms with Crippen molar-refractivity contribution in [3.8, 4) is 11.5 Å². The maximum atomic E-state index is 12.9. The van der Waals surface area contributed by atoms with Crippen LogP contribution in [0, 0.1) is 0 Å². The van der Waals surface area contributed by atoms with Gasteiger partial charge in [-0.25, -0.2) is 16.8 Å². The van der Waals surface area contributed by atoms with Gasteiger partial charge in [0.1, 0.15) is 11.5 Å². The van der Waals surface area contributed by atoms with Crippen LogP contribution in [0.5, 0.6) is 11.5 Å². The minimum Gasteiger partial charge on any atom is -0.427 e. The van der Waals surface area contributed by atoms with Crippen molar-refractivity contribution in [3.05, 3.63) is 54.1 Å². The maximum Gasteiger partial charge on any atom is 0.504 e. The summed E-state index contributed by atoms with van der Waals surface area (Å²) in [6.45, 7) is 3.58. The molecule has 0 amide bonds. The summed E-state index contributed by atoms with van der Waals surface area (Å²) in [5, 5.41) is 0. The molecule has 2 aromatic carbocycles. The Labute approximate surface area is 191 Å². The molecule has 0 spiro atoms. The summed E-state index contributed by atoms with van der Waals surface area (Å²) >= 11 is 0. The van der Waals surface area contributed by atoms with Crippen LogP contribution in [0.25, 0.3) is 5.53 Å². The third kappa shape index (κ3) is 6.35. The van der Waals surface area contributed by atoms with Crippen LogP contribution in [-0.2, 0) is 29.3 Å². The van der Waals surface area contributed by atoms with Crippen LogP contribution >= 0.6 is 0 Å². The first-order valence-corrected chi connectivity index (χ1v) is 12.9. The normalized spacial score (nSPS) is 11.3. The van der Waals surface area contributed by atoms with E-state index in [1.807, 2.05) is 0 Å². The van der Waals surface area contributed by atoms with Gasteiger partial charge in [-0.2, -0.15) is 0 Å². The Balaban J connectivity index is 2.31. The SMILES string of the molecule is CCCC(=O)Oc1ccc(S(=O)(=O)C(=[N+]=[N-])S(=O)(=O)c2ccc(OC(=O)CCC)cc2)cc1. The molecule has 0 aliphatic rings. The van der Waals surface area contributed by atoms with Gasteiger partial charge in [0.15, 0.2) is 0 Å². The first-order valence-electron chi connectivity index (χ1n) is 9.90. The van der Waals surface area contributed by atoms with Gasteiger partial charge < -0.3 is 15.0 Å². The quantitative estimate of drug-likeness (QED) is 0.135. The highest BCUT2D eigenvalue weighted by molar-refractivity contribution is 8.31. The van der Waals surface area contributed by atoms with Crippen LogP contribution in [0.2, 0.25) is 0 Å². The fraction of sp³-hybridized carbons (Fsp3) is 0.286. The lowest BCUT2D eigenvalue weighted by atomic mass is 10.3. The van der Waals surface area contributed by atoms with Crippen molar-refractivity contribution < 1.29 is 40.7 Å². The second-order valence-corrected chi connectivity index (χ2v) is 10.8. The molecular weight excluding hydrogens is 472 g/mol. The molecule has 0 unspecified atom stereocenters. The molecule has 0 aliphatic carbocycles. The number of carbonyl (C=O) groups is 2. The Morgan fingerprint density at radius 1 is 0.727 bits per heavy atom. The van der Waals surface area contributed by atoms with E-state index in [0.29, 0.717) is 12.8 Å². The Kier molecular flexibility index (Phi) is 8.63. The van der Waals surface area contributed by atoms with Gasteiger partial charge in [0, 0.05) is 12.8 Å². The molecular formula is C21H22N2O8S2. The standard InChI is InChI=1S/C21H22N2O8S2/c1-3-5-19(24)30-15-7-11-17(12-8-15)32(26,27)21(23-22)33(28,29)18-13-9-16(10-14-18)31-20(25)6-4-2/h7-14H,3-6H2,1-2H3. The zero-order chi connectivity index (χ0) is 24.6. The molecule has 10 nitrogen and oxygen atoms in total. The van der Waals surface area contributed by atoms with E-state index in [-0.39, 0.29) is 24.3 Å². The van der Waals surface area contributed by atoms with Crippen LogP contribution in [0.3, 0.4) is 0 Å². The van der Waals surface area contributed by atoms with Crippen LogP contribution in [0.1, 0.15) is 39.5 Å². The molecule has 2 aromatic rings. The lowest BCUT2D eigenvalue weighted by Gasteiger charge is -2.06. The van der Waals surface area contributed by atoms with Crippen molar-refractivity contribution in [3.63, 3.8) is 0 Å². The van der Waals surface area contributed by atoms with Gasteiger partial charge in [0.25, 0.3) is 19.7 Å². The number of rotatable bonds is 8. The van der Waals surface area contributed by atoms with Crippen molar-refractivity contribution in [1.29, 1.82) is 0 Å². The van der Waals surface area contributed by atoms with E-state index >= 15 is 0 Å². The van der Waals surface area contributed by atoms with Crippen molar-refractivity contribution in [2.45, 2.75) is 49.3 Å². The molecule has 0 saturated carbocycles. The largest absolute Gasteiger partial charge is 0.504 e. The molecule has 0 heterocycles. The first-order chi connectivity index (χ1) is 15.6. The molecule has 0 fully saturated rings. The number of nitrogens with zero attached hydrogens (tertiary/aromatic N) is 2. The number of hydrogen-bond donors (Lipinski definition) is 0. The second kappa shape index (κ2) is 11.0. The van der Waals surface area contributed by atoms with E-state index in [0.717, 1.165) is 24.3 Å². The zero-order valence-electron chi connectivity index (χ0n) is 17.9. The summed E-state index contributed by atoms with van der Waals surface area (Å²) < 4.78 is 60.0. The van der Waals surface area contributed by atoms with E-state index in [1.54, 1.807) is 13.8 Å². The smallest absolute Gasteiger partial charge is 0.427 e. The first kappa shape index (κ1) is 25.9. The average Bonchev–Trinajstić information content (AvgIpc) is 2.75. The molecule has 0 aliphatic heterocycles. The van der Waals surface area contributed by atoms with Crippen molar-refractivity contribution in [1.82, 2.24) is 0 Å². The minimum atomic E-state index is -4.76. The van der Waals surface area contributed by atoms with Gasteiger partial charge in [-0.05, 0) is 61.4 Å². The van der Waals surface area contributed by atoms with E-state index in [4.69, 9.17) is 9.47 Å². The molecule has 0 aromatic heterocycles. The van der Waals surface area contributed by atoms with Crippen molar-refractivity contribution >= 4 is 36.0 Å². The lowest BCUT2D eigenvalue weighted by molar-refractivity contribution is -0.135. The lowest BCUT2D eigenvalue weighted by Crippen LogP contribution is -2.26. The second-order valence-electron chi connectivity index (χ2n) is 6.76. The minimum absolute atomic E-state index is 0.0750. The summed E-state index contributed by atoms with van der Waals surface area (Å²) in [7, 11) is -9.53. The third-order valence-corrected chi connectivity index (χ3v) is 8.37. The molecule has 12 heteroatoms. The molecule has 0 N–H and O–H groups in total. The average molecular weight is 495 g/mol. The van der Waals surface area contributed by atoms with Crippen molar-refractivity contribution in [2.24, 2.45) is 0 Å². The zero-order valence-corrected chi connectivity index (χ0v) is 19.6. The number of esters is 2. The highest BCUT2D eigenvalue weighted by Crippen LogP contribution is 2.24. The fourth-order valence-corrected chi connectivity index (χ4v) is 5.94. The van der Waals surface area contributed by atoms with Gasteiger partial charge in [-0.1, -0.05) is 13.8 Å². The molecule has 2 rings (SSSR count).